The van der Waals surface area contributed by atoms with Gasteiger partial charge in [0.2, 0.25) is 0 Å². The standard InChI is InChI=1S/C9H13N3OS2/c13-9-3-8(11-6-12-9)10-4-7-5-14-1-2-15-7/h3,6-7H,1-2,4-5H2,(H2,10,11,12,13). The van der Waals surface area contributed by atoms with Gasteiger partial charge < -0.3 is 10.3 Å². The Morgan fingerprint density at radius 1 is 1.60 bits per heavy atom. The molecule has 0 amide bonds. The first kappa shape index (κ1) is 10.9. The molecule has 1 aromatic heterocycles. The normalized spacial score (nSPS) is 21.2. The molecular formula is C9H13N3OS2. The largest absolute Gasteiger partial charge is 0.369 e. The summed E-state index contributed by atoms with van der Waals surface area (Å²) in [5.74, 6) is 4.32. The Hall–Kier alpha value is -0.620. The first-order chi connectivity index (χ1) is 7.34. The third-order valence-electron chi connectivity index (χ3n) is 2.07. The van der Waals surface area contributed by atoms with Crippen molar-refractivity contribution < 1.29 is 0 Å². The van der Waals surface area contributed by atoms with Crippen molar-refractivity contribution in [1.29, 1.82) is 0 Å². The molecule has 2 heterocycles. The summed E-state index contributed by atoms with van der Waals surface area (Å²) >= 11 is 3.98. The van der Waals surface area contributed by atoms with E-state index in [2.05, 4.69) is 15.3 Å². The molecule has 1 unspecified atom stereocenters. The Bertz CT molecular complexity index is 362. The Balaban J connectivity index is 1.84. The fourth-order valence-corrected chi connectivity index (χ4v) is 3.95. The second-order valence-corrected chi connectivity index (χ2v) is 5.80. The quantitative estimate of drug-likeness (QED) is 0.830. The lowest BCUT2D eigenvalue weighted by molar-refractivity contribution is 0.983. The highest BCUT2D eigenvalue weighted by molar-refractivity contribution is 8.06. The van der Waals surface area contributed by atoms with E-state index in [0.717, 1.165) is 6.54 Å². The van der Waals surface area contributed by atoms with Gasteiger partial charge in [-0.15, -0.1) is 0 Å². The zero-order valence-corrected chi connectivity index (χ0v) is 9.87. The third-order valence-corrected chi connectivity index (χ3v) is 4.92. The summed E-state index contributed by atoms with van der Waals surface area (Å²) < 4.78 is 0. The predicted octanol–water partition coefficient (Wildman–Crippen LogP) is 1.03. The van der Waals surface area contributed by atoms with E-state index in [9.17, 15) is 4.79 Å². The van der Waals surface area contributed by atoms with E-state index in [1.165, 1.54) is 29.7 Å². The Morgan fingerprint density at radius 2 is 2.53 bits per heavy atom. The SMILES string of the molecule is O=c1cc(NCC2CSCCS2)nc[nH]1. The van der Waals surface area contributed by atoms with Crippen LogP contribution in [0.2, 0.25) is 0 Å². The average Bonchev–Trinajstić information content (AvgIpc) is 2.28. The molecule has 2 N–H and O–H groups in total. The van der Waals surface area contributed by atoms with Crippen LogP contribution in [-0.4, -0.2) is 39.0 Å². The minimum absolute atomic E-state index is 0.113. The minimum atomic E-state index is -0.113. The van der Waals surface area contributed by atoms with Gasteiger partial charge in [0.15, 0.2) is 0 Å². The molecule has 1 aliphatic heterocycles. The van der Waals surface area contributed by atoms with Gasteiger partial charge in [0, 0.05) is 35.1 Å². The summed E-state index contributed by atoms with van der Waals surface area (Å²) in [6.45, 7) is 0.883. The maximum atomic E-state index is 11.0. The molecule has 1 aromatic rings. The lowest BCUT2D eigenvalue weighted by Crippen LogP contribution is -2.24. The first-order valence-corrected chi connectivity index (χ1v) is 7.03. The van der Waals surface area contributed by atoms with Crippen LogP contribution in [0.4, 0.5) is 5.82 Å². The minimum Gasteiger partial charge on any atom is -0.369 e. The molecule has 2 rings (SSSR count). The fraction of sp³-hybridized carbons (Fsp3) is 0.556. The van der Waals surface area contributed by atoms with Gasteiger partial charge >= 0.3 is 0 Å². The van der Waals surface area contributed by atoms with Crippen LogP contribution in [-0.2, 0) is 0 Å². The molecular weight excluding hydrogens is 230 g/mol. The Morgan fingerprint density at radius 3 is 3.27 bits per heavy atom. The maximum absolute atomic E-state index is 11.0. The second kappa shape index (κ2) is 5.46. The van der Waals surface area contributed by atoms with Crippen molar-refractivity contribution in [1.82, 2.24) is 9.97 Å². The number of nitrogens with zero attached hydrogens (tertiary/aromatic N) is 1. The highest BCUT2D eigenvalue weighted by Gasteiger charge is 2.13. The van der Waals surface area contributed by atoms with E-state index < -0.39 is 0 Å². The molecule has 1 saturated heterocycles. The van der Waals surface area contributed by atoms with Gasteiger partial charge in [0.25, 0.3) is 5.56 Å². The zero-order valence-electron chi connectivity index (χ0n) is 8.23. The number of anilines is 1. The number of aromatic amines is 1. The van der Waals surface area contributed by atoms with Crippen molar-refractivity contribution >= 4 is 29.3 Å². The van der Waals surface area contributed by atoms with Crippen LogP contribution in [0, 0.1) is 0 Å². The monoisotopic (exact) mass is 243 g/mol. The van der Waals surface area contributed by atoms with Crippen LogP contribution in [0.1, 0.15) is 0 Å². The van der Waals surface area contributed by atoms with Crippen molar-refractivity contribution in [3.8, 4) is 0 Å². The van der Waals surface area contributed by atoms with Crippen molar-refractivity contribution in [3.05, 3.63) is 22.7 Å². The maximum Gasteiger partial charge on any atom is 0.252 e. The van der Waals surface area contributed by atoms with Gasteiger partial charge in [-0.05, 0) is 0 Å². The van der Waals surface area contributed by atoms with E-state index >= 15 is 0 Å². The van der Waals surface area contributed by atoms with Gasteiger partial charge in [-0.25, -0.2) is 4.98 Å². The summed E-state index contributed by atoms with van der Waals surface area (Å²) in [4.78, 5) is 17.5. The molecule has 82 valence electrons. The van der Waals surface area contributed by atoms with Gasteiger partial charge in [-0.2, -0.15) is 23.5 Å². The number of nitrogens with one attached hydrogen (secondary N) is 2. The fourth-order valence-electron chi connectivity index (χ4n) is 1.34. The van der Waals surface area contributed by atoms with Gasteiger partial charge in [0.05, 0.1) is 6.33 Å². The zero-order chi connectivity index (χ0) is 10.5. The van der Waals surface area contributed by atoms with Crippen molar-refractivity contribution in [2.24, 2.45) is 0 Å². The Kier molecular flexibility index (Phi) is 3.96. The van der Waals surface area contributed by atoms with E-state index in [1.54, 1.807) is 0 Å². The van der Waals surface area contributed by atoms with E-state index in [0.29, 0.717) is 11.1 Å². The lowest BCUT2D eigenvalue weighted by atomic mass is 10.4. The summed E-state index contributed by atoms with van der Waals surface area (Å²) in [5.41, 5.74) is -0.113. The van der Waals surface area contributed by atoms with Crippen molar-refractivity contribution in [3.63, 3.8) is 0 Å². The van der Waals surface area contributed by atoms with Crippen LogP contribution >= 0.6 is 23.5 Å². The van der Waals surface area contributed by atoms with E-state index in [1.807, 2.05) is 23.5 Å². The van der Waals surface area contributed by atoms with Crippen LogP contribution < -0.4 is 10.9 Å². The van der Waals surface area contributed by atoms with E-state index in [4.69, 9.17) is 0 Å². The summed E-state index contributed by atoms with van der Waals surface area (Å²) in [6.07, 6.45) is 1.42. The summed E-state index contributed by atoms with van der Waals surface area (Å²) in [5, 5.41) is 3.82. The molecule has 0 aliphatic carbocycles. The molecule has 1 aliphatic rings. The molecule has 15 heavy (non-hydrogen) atoms. The molecule has 0 spiro atoms. The van der Waals surface area contributed by atoms with Gasteiger partial charge in [-0.3, -0.25) is 4.79 Å². The number of H-pyrrole nitrogens is 1. The molecule has 1 atom stereocenters. The molecule has 0 radical (unpaired) electrons. The number of aromatic nitrogens is 2. The molecule has 0 bridgehead atoms. The highest BCUT2D eigenvalue weighted by Crippen LogP contribution is 2.23. The third kappa shape index (κ3) is 3.46. The average molecular weight is 243 g/mol. The van der Waals surface area contributed by atoms with Crippen LogP contribution in [0.3, 0.4) is 0 Å². The predicted molar refractivity (Wildman–Crippen MR) is 66.9 cm³/mol. The molecule has 6 heteroatoms. The number of thioether (sulfide) groups is 2. The summed E-state index contributed by atoms with van der Waals surface area (Å²) in [6, 6.07) is 1.49. The Labute approximate surface area is 96.6 Å². The van der Waals surface area contributed by atoms with Crippen LogP contribution in [0.25, 0.3) is 0 Å². The highest BCUT2D eigenvalue weighted by atomic mass is 32.2. The van der Waals surface area contributed by atoms with Crippen LogP contribution in [0.5, 0.6) is 0 Å². The van der Waals surface area contributed by atoms with E-state index in [-0.39, 0.29) is 5.56 Å². The summed E-state index contributed by atoms with van der Waals surface area (Å²) in [7, 11) is 0. The molecule has 0 saturated carbocycles. The van der Waals surface area contributed by atoms with Gasteiger partial charge in [0.1, 0.15) is 5.82 Å². The molecule has 1 fully saturated rings. The number of hydrogen-bond acceptors (Lipinski definition) is 5. The van der Waals surface area contributed by atoms with Crippen molar-refractivity contribution in [2.75, 3.05) is 29.1 Å². The number of rotatable bonds is 3. The molecule has 0 aromatic carbocycles. The molecule has 4 nitrogen and oxygen atoms in total. The topological polar surface area (TPSA) is 57.8 Å². The van der Waals surface area contributed by atoms with Crippen LogP contribution in [0.15, 0.2) is 17.2 Å². The smallest absolute Gasteiger partial charge is 0.252 e. The first-order valence-electron chi connectivity index (χ1n) is 4.82. The lowest BCUT2D eigenvalue weighted by Gasteiger charge is -2.21. The van der Waals surface area contributed by atoms with Gasteiger partial charge in [-0.1, -0.05) is 0 Å². The number of hydrogen-bond donors (Lipinski definition) is 2. The second-order valence-electron chi connectivity index (χ2n) is 3.24. The van der Waals surface area contributed by atoms with Crippen molar-refractivity contribution in [2.45, 2.75) is 5.25 Å².